The summed E-state index contributed by atoms with van der Waals surface area (Å²) >= 11 is 3.36. The lowest BCUT2D eigenvalue weighted by molar-refractivity contribution is -0.118. The molecule has 0 aliphatic carbocycles. The lowest BCUT2D eigenvalue weighted by atomic mass is 10.2. The molecule has 4 rings (SSSR count). The quantitative estimate of drug-likeness (QED) is 0.506. The molecule has 3 aromatic rings. The number of thioether (sulfide) groups is 1. The number of nitrogens with zero attached hydrogens (tertiary/aromatic N) is 3. The molecule has 1 aliphatic rings. The van der Waals surface area contributed by atoms with Gasteiger partial charge in [-0.05, 0) is 37.5 Å². The van der Waals surface area contributed by atoms with Crippen LogP contribution >= 0.6 is 23.1 Å². The highest BCUT2D eigenvalue weighted by molar-refractivity contribution is 7.99. The number of aromatic nitrogens is 2. The first-order valence-corrected chi connectivity index (χ1v) is 10.2. The number of amides is 1. The SMILES string of the molecule is Cc1sc2ncnc(SCCC(=O)N3CCc4ccccc43)c2c1C. The van der Waals surface area contributed by atoms with Crippen molar-refractivity contribution < 1.29 is 4.79 Å². The molecule has 0 fully saturated rings. The summed E-state index contributed by atoms with van der Waals surface area (Å²) in [6.07, 6.45) is 3.10. The number of rotatable bonds is 4. The molecule has 128 valence electrons. The minimum atomic E-state index is 0.195. The Morgan fingerprint density at radius 1 is 1.28 bits per heavy atom. The second-order valence-electron chi connectivity index (χ2n) is 6.16. The molecule has 0 saturated carbocycles. The van der Waals surface area contributed by atoms with Crippen molar-refractivity contribution in [1.29, 1.82) is 0 Å². The van der Waals surface area contributed by atoms with Crippen LogP contribution in [0, 0.1) is 13.8 Å². The zero-order valence-corrected chi connectivity index (χ0v) is 15.9. The number of para-hydroxylation sites is 1. The summed E-state index contributed by atoms with van der Waals surface area (Å²) in [4.78, 5) is 25.7. The van der Waals surface area contributed by atoms with Crippen LogP contribution in [0.4, 0.5) is 5.69 Å². The molecule has 0 atom stereocenters. The van der Waals surface area contributed by atoms with Crippen LogP contribution in [0.2, 0.25) is 0 Å². The third-order valence-corrected chi connectivity index (χ3v) is 6.78. The van der Waals surface area contributed by atoms with E-state index in [0.29, 0.717) is 6.42 Å². The van der Waals surface area contributed by atoms with Gasteiger partial charge in [0.1, 0.15) is 16.2 Å². The molecule has 0 bridgehead atoms. The van der Waals surface area contributed by atoms with Gasteiger partial charge in [-0.15, -0.1) is 23.1 Å². The van der Waals surface area contributed by atoms with E-state index < -0.39 is 0 Å². The number of hydrogen-bond donors (Lipinski definition) is 0. The molecule has 2 aromatic heterocycles. The van der Waals surface area contributed by atoms with E-state index in [4.69, 9.17) is 0 Å². The van der Waals surface area contributed by atoms with E-state index in [0.717, 1.165) is 39.6 Å². The predicted molar refractivity (Wildman–Crippen MR) is 105 cm³/mol. The van der Waals surface area contributed by atoms with Crippen molar-refractivity contribution >= 4 is 44.9 Å². The highest BCUT2D eigenvalue weighted by atomic mass is 32.2. The number of aryl methyl sites for hydroxylation is 2. The second kappa shape index (κ2) is 6.77. The molecule has 0 spiro atoms. The van der Waals surface area contributed by atoms with Crippen LogP contribution in [0.25, 0.3) is 10.2 Å². The van der Waals surface area contributed by atoms with E-state index in [1.807, 2.05) is 23.1 Å². The van der Waals surface area contributed by atoms with Gasteiger partial charge in [-0.25, -0.2) is 9.97 Å². The van der Waals surface area contributed by atoms with E-state index in [1.54, 1.807) is 29.4 Å². The molecule has 25 heavy (non-hydrogen) atoms. The first kappa shape index (κ1) is 16.5. The van der Waals surface area contributed by atoms with E-state index in [-0.39, 0.29) is 5.91 Å². The monoisotopic (exact) mass is 369 g/mol. The molecule has 4 nitrogen and oxygen atoms in total. The van der Waals surface area contributed by atoms with Crippen molar-refractivity contribution in [3.05, 3.63) is 46.6 Å². The molecule has 1 aliphatic heterocycles. The Kier molecular flexibility index (Phi) is 4.48. The van der Waals surface area contributed by atoms with Crippen molar-refractivity contribution in [3.63, 3.8) is 0 Å². The zero-order chi connectivity index (χ0) is 17.4. The van der Waals surface area contributed by atoms with Gasteiger partial charge in [0.15, 0.2) is 0 Å². The fraction of sp³-hybridized carbons (Fsp3) is 0.316. The smallest absolute Gasteiger partial charge is 0.227 e. The van der Waals surface area contributed by atoms with Gasteiger partial charge in [0, 0.05) is 34.7 Å². The molecule has 1 amide bonds. The number of benzene rings is 1. The van der Waals surface area contributed by atoms with Gasteiger partial charge in [-0.2, -0.15) is 0 Å². The maximum absolute atomic E-state index is 12.6. The van der Waals surface area contributed by atoms with Crippen LogP contribution < -0.4 is 4.90 Å². The Bertz CT molecular complexity index is 951. The molecule has 1 aromatic carbocycles. The average molecular weight is 370 g/mol. The highest BCUT2D eigenvalue weighted by Crippen LogP contribution is 2.35. The van der Waals surface area contributed by atoms with Crippen LogP contribution in [0.3, 0.4) is 0 Å². The Labute approximate surface area is 155 Å². The maximum atomic E-state index is 12.6. The first-order valence-electron chi connectivity index (χ1n) is 8.37. The third kappa shape index (κ3) is 3.04. The minimum Gasteiger partial charge on any atom is -0.312 e. The average Bonchev–Trinajstić information content (AvgIpc) is 3.17. The van der Waals surface area contributed by atoms with Crippen molar-refractivity contribution in [1.82, 2.24) is 9.97 Å². The first-order chi connectivity index (χ1) is 12.1. The lowest BCUT2D eigenvalue weighted by Crippen LogP contribution is -2.29. The zero-order valence-electron chi connectivity index (χ0n) is 14.3. The van der Waals surface area contributed by atoms with Crippen LogP contribution in [0.5, 0.6) is 0 Å². The predicted octanol–water partition coefficient (Wildman–Crippen LogP) is 4.38. The lowest BCUT2D eigenvalue weighted by Gasteiger charge is -2.17. The van der Waals surface area contributed by atoms with E-state index in [9.17, 15) is 4.79 Å². The van der Waals surface area contributed by atoms with Gasteiger partial charge in [-0.3, -0.25) is 4.79 Å². The molecule has 6 heteroatoms. The largest absolute Gasteiger partial charge is 0.312 e. The molecule has 0 unspecified atom stereocenters. The van der Waals surface area contributed by atoms with E-state index >= 15 is 0 Å². The van der Waals surface area contributed by atoms with Crippen LogP contribution in [0.15, 0.2) is 35.6 Å². The molecular weight excluding hydrogens is 350 g/mol. The third-order valence-electron chi connectivity index (χ3n) is 4.67. The summed E-state index contributed by atoms with van der Waals surface area (Å²) in [6.45, 7) is 5.03. The van der Waals surface area contributed by atoms with Gasteiger partial charge >= 0.3 is 0 Å². The maximum Gasteiger partial charge on any atom is 0.227 e. The van der Waals surface area contributed by atoms with Gasteiger partial charge in [0.05, 0.1) is 0 Å². The summed E-state index contributed by atoms with van der Waals surface area (Å²) in [7, 11) is 0. The molecular formula is C19H19N3OS2. The van der Waals surface area contributed by atoms with Crippen LogP contribution in [-0.4, -0.2) is 28.2 Å². The van der Waals surface area contributed by atoms with Gasteiger partial charge < -0.3 is 4.90 Å². The Morgan fingerprint density at radius 3 is 3.00 bits per heavy atom. The highest BCUT2D eigenvalue weighted by Gasteiger charge is 2.23. The Morgan fingerprint density at radius 2 is 2.12 bits per heavy atom. The summed E-state index contributed by atoms with van der Waals surface area (Å²) in [5, 5.41) is 2.13. The standard InChI is InChI=1S/C19H19N3OS2/c1-12-13(2)25-19-17(12)18(20-11-21-19)24-10-8-16(23)22-9-7-14-5-3-4-6-15(14)22/h3-6,11H,7-10H2,1-2H3. The van der Waals surface area contributed by atoms with Crippen molar-refractivity contribution in [2.75, 3.05) is 17.2 Å². The number of hydrogen-bond acceptors (Lipinski definition) is 5. The summed E-state index contributed by atoms with van der Waals surface area (Å²) < 4.78 is 0. The second-order valence-corrected chi connectivity index (χ2v) is 8.45. The van der Waals surface area contributed by atoms with Crippen LogP contribution in [-0.2, 0) is 11.2 Å². The van der Waals surface area contributed by atoms with Crippen molar-refractivity contribution in [2.24, 2.45) is 0 Å². The number of thiophene rings is 1. The number of carbonyl (C=O) groups is 1. The minimum absolute atomic E-state index is 0.195. The Balaban J connectivity index is 1.44. The molecule has 0 radical (unpaired) electrons. The summed E-state index contributed by atoms with van der Waals surface area (Å²) in [5.74, 6) is 0.929. The van der Waals surface area contributed by atoms with Crippen molar-refractivity contribution in [2.45, 2.75) is 31.7 Å². The number of carbonyl (C=O) groups excluding carboxylic acids is 1. The van der Waals surface area contributed by atoms with Gasteiger partial charge in [0.2, 0.25) is 5.91 Å². The number of fused-ring (bicyclic) bond motifs is 2. The Hall–Kier alpha value is -1.92. The fourth-order valence-electron chi connectivity index (χ4n) is 3.23. The number of anilines is 1. The fourth-order valence-corrected chi connectivity index (χ4v) is 5.27. The van der Waals surface area contributed by atoms with E-state index in [1.165, 1.54) is 16.0 Å². The van der Waals surface area contributed by atoms with E-state index in [2.05, 4.69) is 29.9 Å². The van der Waals surface area contributed by atoms with Crippen LogP contribution in [0.1, 0.15) is 22.4 Å². The normalized spacial score (nSPS) is 13.4. The molecule has 0 saturated heterocycles. The molecule has 3 heterocycles. The van der Waals surface area contributed by atoms with Crippen molar-refractivity contribution in [3.8, 4) is 0 Å². The molecule has 0 N–H and O–H groups in total. The summed E-state index contributed by atoms with van der Waals surface area (Å²) in [5.41, 5.74) is 3.60. The van der Waals surface area contributed by atoms with Gasteiger partial charge in [0.25, 0.3) is 0 Å². The topological polar surface area (TPSA) is 46.1 Å². The summed E-state index contributed by atoms with van der Waals surface area (Å²) in [6, 6.07) is 8.18. The van der Waals surface area contributed by atoms with Gasteiger partial charge in [-0.1, -0.05) is 18.2 Å².